The number of nitrogens with one attached hydrogen (secondary N) is 1. The third-order valence-electron chi connectivity index (χ3n) is 4.34. The van der Waals surface area contributed by atoms with E-state index >= 15 is 0 Å². The van der Waals surface area contributed by atoms with Crippen LogP contribution in [0, 0.1) is 5.92 Å². The highest BCUT2D eigenvalue weighted by atomic mass is 79.9. The van der Waals surface area contributed by atoms with E-state index in [0.717, 1.165) is 35.5 Å². The van der Waals surface area contributed by atoms with Crippen molar-refractivity contribution in [2.75, 3.05) is 33.9 Å². The molecule has 2 unspecified atom stereocenters. The molecule has 2 aliphatic rings. The van der Waals surface area contributed by atoms with E-state index in [0.29, 0.717) is 12.5 Å². The van der Waals surface area contributed by atoms with Crippen molar-refractivity contribution in [2.24, 2.45) is 11.0 Å². The Labute approximate surface area is 139 Å². The van der Waals surface area contributed by atoms with Gasteiger partial charge < -0.3 is 19.8 Å². The summed E-state index contributed by atoms with van der Waals surface area (Å²) in [5.74, 6) is 1.94. The fraction of sp³-hybridized carbons (Fsp3) is 0.562. The lowest BCUT2D eigenvalue weighted by Gasteiger charge is -2.31. The predicted octanol–water partition coefficient (Wildman–Crippen LogP) is 2.81. The lowest BCUT2D eigenvalue weighted by Crippen LogP contribution is -2.39. The maximum atomic E-state index is 5.67. The zero-order valence-electron chi connectivity index (χ0n) is 13.2. The summed E-state index contributed by atoms with van der Waals surface area (Å²) < 4.78 is 12.1. The SMILES string of the molecule is CCOc1c(Br)cc(C2NN=C3CCN(C)CC32)cc1OC. The van der Waals surface area contributed by atoms with Gasteiger partial charge in [-0.15, -0.1) is 0 Å². The van der Waals surface area contributed by atoms with E-state index in [1.165, 1.54) is 11.3 Å². The van der Waals surface area contributed by atoms with Gasteiger partial charge in [-0.3, -0.25) is 0 Å². The van der Waals surface area contributed by atoms with Crippen LogP contribution in [-0.2, 0) is 0 Å². The largest absolute Gasteiger partial charge is 0.493 e. The van der Waals surface area contributed by atoms with Gasteiger partial charge in [0.25, 0.3) is 0 Å². The monoisotopic (exact) mass is 367 g/mol. The van der Waals surface area contributed by atoms with Gasteiger partial charge in [-0.2, -0.15) is 5.10 Å². The summed E-state index contributed by atoms with van der Waals surface area (Å²) in [6.07, 6.45) is 1.04. The number of benzene rings is 1. The molecule has 1 N–H and O–H groups in total. The Morgan fingerprint density at radius 2 is 2.27 bits per heavy atom. The van der Waals surface area contributed by atoms with Gasteiger partial charge in [-0.25, -0.2) is 0 Å². The molecule has 0 aliphatic carbocycles. The Morgan fingerprint density at radius 3 is 3.00 bits per heavy atom. The van der Waals surface area contributed by atoms with Crippen LogP contribution < -0.4 is 14.9 Å². The molecule has 5 nitrogen and oxygen atoms in total. The fourth-order valence-corrected chi connectivity index (χ4v) is 3.79. The van der Waals surface area contributed by atoms with Crippen LogP contribution in [0.25, 0.3) is 0 Å². The number of halogens is 1. The molecule has 2 aliphatic heterocycles. The maximum absolute atomic E-state index is 5.67. The maximum Gasteiger partial charge on any atom is 0.175 e. The number of fused-ring (bicyclic) bond motifs is 1. The van der Waals surface area contributed by atoms with Crippen molar-refractivity contribution in [1.29, 1.82) is 0 Å². The van der Waals surface area contributed by atoms with Gasteiger partial charge in [-0.05, 0) is 47.6 Å². The number of hydrazone groups is 1. The Balaban J connectivity index is 1.90. The smallest absolute Gasteiger partial charge is 0.175 e. The van der Waals surface area contributed by atoms with Crippen LogP contribution >= 0.6 is 15.9 Å². The van der Waals surface area contributed by atoms with Crippen molar-refractivity contribution < 1.29 is 9.47 Å². The van der Waals surface area contributed by atoms with Gasteiger partial charge in [0.2, 0.25) is 0 Å². The number of hydrogen-bond acceptors (Lipinski definition) is 5. The normalized spacial score (nSPS) is 24.5. The molecular weight excluding hydrogens is 346 g/mol. The molecule has 1 aromatic rings. The molecule has 120 valence electrons. The molecule has 0 radical (unpaired) electrons. The zero-order chi connectivity index (χ0) is 15.7. The highest BCUT2D eigenvalue weighted by molar-refractivity contribution is 9.10. The van der Waals surface area contributed by atoms with E-state index in [1.807, 2.05) is 6.92 Å². The summed E-state index contributed by atoms with van der Waals surface area (Å²) >= 11 is 3.61. The minimum atomic E-state index is 0.193. The standard InChI is InChI=1S/C16H22BrN3O2/c1-4-22-16-12(17)7-10(8-14(16)21-3)15-11-9-20(2)6-5-13(11)18-19-15/h7-8,11,15,19H,4-6,9H2,1-3H3. The number of rotatable bonds is 4. The second-order valence-electron chi connectivity index (χ2n) is 5.80. The Bertz CT molecular complexity index is 591. The molecule has 2 atom stereocenters. The first-order valence-corrected chi connectivity index (χ1v) is 8.44. The molecule has 22 heavy (non-hydrogen) atoms. The summed E-state index contributed by atoms with van der Waals surface area (Å²) in [6.45, 7) is 4.69. The highest BCUT2D eigenvalue weighted by Crippen LogP contribution is 2.41. The van der Waals surface area contributed by atoms with Crippen LogP contribution in [0.1, 0.15) is 24.9 Å². The second kappa shape index (κ2) is 6.46. The molecule has 1 saturated heterocycles. The van der Waals surface area contributed by atoms with Crippen LogP contribution in [0.4, 0.5) is 0 Å². The quantitative estimate of drug-likeness (QED) is 0.888. The summed E-state index contributed by atoms with van der Waals surface area (Å²) in [5, 5.41) is 4.55. The average molecular weight is 368 g/mol. The minimum Gasteiger partial charge on any atom is -0.493 e. The number of piperidine rings is 1. The number of hydrogen-bond donors (Lipinski definition) is 1. The van der Waals surface area contributed by atoms with Crippen LogP contribution in [0.2, 0.25) is 0 Å². The van der Waals surface area contributed by atoms with Gasteiger partial charge in [0.1, 0.15) is 0 Å². The molecule has 6 heteroatoms. The van der Waals surface area contributed by atoms with Gasteiger partial charge in [-0.1, -0.05) is 0 Å². The zero-order valence-corrected chi connectivity index (χ0v) is 14.8. The first kappa shape index (κ1) is 15.6. The molecule has 2 heterocycles. The van der Waals surface area contributed by atoms with Gasteiger partial charge >= 0.3 is 0 Å². The molecule has 0 amide bonds. The Morgan fingerprint density at radius 1 is 1.45 bits per heavy atom. The molecule has 1 fully saturated rings. The lowest BCUT2D eigenvalue weighted by atomic mass is 9.86. The highest BCUT2D eigenvalue weighted by Gasteiger charge is 2.36. The lowest BCUT2D eigenvalue weighted by molar-refractivity contribution is 0.272. The van der Waals surface area contributed by atoms with Crippen molar-refractivity contribution in [3.63, 3.8) is 0 Å². The first-order valence-electron chi connectivity index (χ1n) is 7.64. The summed E-state index contributed by atoms with van der Waals surface area (Å²) in [4.78, 5) is 2.37. The molecule has 0 aromatic heterocycles. The van der Waals surface area contributed by atoms with Crippen molar-refractivity contribution in [1.82, 2.24) is 10.3 Å². The number of ether oxygens (including phenoxy) is 2. The van der Waals surface area contributed by atoms with E-state index < -0.39 is 0 Å². The molecular formula is C16H22BrN3O2. The van der Waals surface area contributed by atoms with Crippen molar-refractivity contribution in [3.05, 3.63) is 22.2 Å². The number of likely N-dealkylation sites (tertiary alicyclic amines) is 1. The van der Waals surface area contributed by atoms with Gasteiger partial charge in [0.05, 0.1) is 24.2 Å². The van der Waals surface area contributed by atoms with E-state index in [1.54, 1.807) is 7.11 Å². The van der Waals surface area contributed by atoms with Crippen molar-refractivity contribution >= 4 is 21.6 Å². The molecule has 3 rings (SSSR count). The van der Waals surface area contributed by atoms with Gasteiger partial charge in [0.15, 0.2) is 11.5 Å². The fourth-order valence-electron chi connectivity index (χ4n) is 3.21. The molecule has 0 spiro atoms. The third kappa shape index (κ3) is 2.82. The summed E-state index contributed by atoms with van der Waals surface area (Å²) in [7, 11) is 3.84. The third-order valence-corrected chi connectivity index (χ3v) is 4.92. The van der Waals surface area contributed by atoms with Crippen molar-refractivity contribution in [3.8, 4) is 11.5 Å². The summed E-state index contributed by atoms with van der Waals surface area (Å²) in [6, 6.07) is 4.36. The van der Waals surface area contributed by atoms with Crippen LogP contribution in [-0.4, -0.2) is 44.5 Å². The number of nitrogens with zero attached hydrogens (tertiary/aromatic N) is 2. The van der Waals surface area contributed by atoms with E-state index in [-0.39, 0.29) is 6.04 Å². The molecule has 0 saturated carbocycles. The van der Waals surface area contributed by atoms with Crippen LogP contribution in [0.3, 0.4) is 0 Å². The average Bonchev–Trinajstić information content (AvgIpc) is 2.92. The molecule has 0 bridgehead atoms. The summed E-state index contributed by atoms with van der Waals surface area (Å²) in [5.41, 5.74) is 5.77. The minimum absolute atomic E-state index is 0.193. The van der Waals surface area contributed by atoms with E-state index in [9.17, 15) is 0 Å². The van der Waals surface area contributed by atoms with Crippen LogP contribution in [0.5, 0.6) is 11.5 Å². The molecule has 1 aromatic carbocycles. The van der Waals surface area contributed by atoms with Crippen molar-refractivity contribution in [2.45, 2.75) is 19.4 Å². The predicted molar refractivity (Wildman–Crippen MR) is 90.8 cm³/mol. The first-order chi connectivity index (χ1) is 10.6. The van der Waals surface area contributed by atoms with E-state index in [4.69, 9.17) is 9.47 Å². The Hall–Kier alpha value is -1.27. The van der Waals surface area contributed by atoms with E-state index in [2.05, 4.69) is 50.5 Å². The van der Waals surface area contributed by atoms with Crippen LogP contribution in [0.15, 0.2) is 21.7 Å². The Kier molecular flexibility index (Phi) is 4.59. The van der Waals surface area contributed by atoms with Gasteiger partial charge in [0, 0.05) is 31.1 Å². The number of methoxy groups -OCH3 is 1. The second-order valence-corrected chi connectivity index (χ2v) is 6.65. The topological polar surface area (TPSA) is 46.1 Å².